The minimum atomic E-state index is -0.513. The number of aromatic nitrogens is 2. The normalized spacial score (nSPS) is 15.8. The van der Waals surface area contributed by atoms with Crippen molar-refractivity contribution < 1.29 is 9.59 Å². The van der Waals surface area contributed by atoms with Crippen LogP contribution < -0.4 is 5.69 Å². The summed E-state index contributed by atoms with van der Waals surface area (Å²) in [4.78, 5) is 39.5. The predicted octanol–water partition coefficient (Wildman–Crippen LogP) is 0.0882. The summed E-state index contributed by atoms with van der Waals surface area (Å²) in [5.41, 5.74) is -0.513. The molecule has 0 radical (unpaired) electrons. The van der Waals surface area contributed by atoms with E-state index in [4.69, 9.17) is 11.6 Å². The molecule has 1 aliphatic rings. The summed E-state index contributed by atoms with van der Waals surface area (Å²) in [6, 6.07) is 0. The lowest BCUT2D eigenvalue weighted by molar-refractivity contribution is -0.135. The van der Waals surface area contributed by atoms with Gasteiger partial charge < -0.3 is 4.90 Å². The molecule has 1 saturated heterocycles. The van der Waals surface area contributed by atoms with E-state index in [2.05, 4.69) is 4.98 Å². The summed E-state index contributed by atoms with van der Waals surface area (Å²) >= 11 is 5.71. The van der Waals surface area contributed by atoms with E-state index < -0.39 is 5.69 Å². The first-order chi connectivity index (χ1) is 8.56. The summed E-state index contributed by atoms with van der Waals surface area (Å²) in [5.74, 6) is -0.0331. The SMILES string of the molecule is O=C1CCN(C(=O)Cn2cc(Cl)cnc2=O)CC1. The molecular formula is C11H12ClN3O3. The first kappa shape index (κ1) is 12.8. The number of hydrogen-bond acceptors (Lipinski definition) is 4. The maximum Gasteiger partial charge on any atom is 0.348 e. The molecule has 0 unspecified atom stereocenters. The fourth-order valence-corrected chi connectivity index (χ4v) is 1.96. The Labute approximate surface area is 108 Å². The first-order valence-electron chi connectivity index (χ1n) is 5.58. The number of piperidine rings is 1. The maximum atomic E-state index is 11.9. The smallest absolute Gasteiger partial charge is 0.340 e. The Morgan fingerprint density at radius 2 is 2.00 bits per heavy atom. The van der Waals surface area contributed by atoms with Crippen LogP contribution in [0.4, 0.5) is 0 Å². The molecule has 7 heteroatoms. The average molecular weight is 270 g/mol. The largest absolute Gasteiger partial charge is 0.348 e. The van der Waals surface area contributed by atoms with Crippen LogP contribution in [0.15, 0.2) is 17.2 Å². The van der Waals surface area contributed by atoms with E-state index in [9.17, 15) is 14.4 Å². The molecule has 0 aliphatic carbocycles. The third-order valence-corrected chi connectivity index (χ3v) is 3.00. The molecule has 2 heterocycles. The van der Waals surface area contributed by atoms with Gasteiger partial charge in [0.2, 0.25) is 5.91 Å². The third kappa shape index (κ3) is 2.95. The van der Waals surface area contributed by atoms with Crippen LogP contribution in [0.3, 0.4) is 0 Å². The van der Waals surface area contributed by atoms with Gasteiger partial charge in [0.1, 0.15) is 12.3 Å². The number of carbonyl (C=O) groups excluding carboxylic acids is 2. The van der Waals surface area contributed by atoms with Gasteiger partial charge in [-0.15, -0.1) is 0 Å². The van der Waals surface area contributed by atoms with E-state index in [1.807, 2.05) is 0 Å². The van der Waals surface area contributed by atoms with Gasteiger partial charge in [-0.1, -0.05) is 11.6 Å². The minimum absolute atomic E-state index is 0.0966. The Morgan fingerprint density at radius 3 is 2.67 bits per heavy atom. The van der Waals surface area contributed by atoms with Crippen LogP contribution in [0.1, 0.15) is 12.8 Å². The highest BCUT2D eigenvalue weighted by Gasteiger charge is 2.21. The van der Waals surface area contributed by atoms with Crippen LogP contribution in [0.5, 0.6) is 0 Å². The summed E-state index contributed by atoms with van der Waals surface area (Å²) < 4.78 is 1.17. The van der Waals surface area contributed by atoms with Crippen molar-refractivity contribution in [1.82, 2.24) is 14.5 Å². The van der Waals surface area contributed by atoms with Crippen LogP contribution >= 0.6 is 11.6 Å². The number of halogens is 1. The van der Waals surface area contributed by atoms with Crippen LogP contribution in [0.25, 0.3) is 0 Å². The van der Waals surface area contributed by atoms with Gasteiger partial charge in [0.25, 0.3) is 0 Å². The summed E-state index contributed by atoms with van der Waals surface area (Å²) in [6.07, 6.45) is 3.39. The lowest BCUT2D eigenvalue weighted by atomic mass is 10.1. The Morgan fingerprint density at radius 1 is 1.33 bits per heavy atom. The third-order valence-electron chi connectivity index (χ3n) is 2.80. The molecule has 1 fully saturated rings. The van der Waals surface area contributed by atoms with Crippen molar-refractivity contribution in [2.24, 2.45) is 0 Å². The number of hydrogen-bond donors (Lipinski definition) is 0. The van der Waals surface area contributed by atoms with Crippen molar-refractivity contribution in [2.45, 2.75) is 19.4 Å². The summed E-state index contributed by atoms with van der Waals surface area (Å²) in [7, 11) is 0. The van der Waals surface area contributed by atoms with Crippen LogP contribution in [-0.2, 0) is 16.1 Å². The van der Waals surface area contributed by atoms with Gasteiger partial charge in [-0.05, 0) is 0 Å². The topological polar surface area (TPSA) is 72.3 Å². The van der Waals surface area contributed by atoms with Gasteiger partial charge in [-0.25, -0.2) is 9.78 Å². The Bertz CT molecular complexity index is 531. The van der Waals surface area contributed by atoms with Crippen molar-refractivity contribution in [1.29, 1.82) is 0 Å². The number of rotatable bonds is 2. The number of carbonyl (C=O) groups is 2. The minimum Gasteiger partial charge on any atom is -0.340 e. The van der Waals surface area contributed by atoms with Crippen molar-refractivity contribution in [2.75, 3.05) is 13.1 Å². The fourth-order valence-electron chi connectivity index (χ4n) is 1.79. The maximum absolute atomic E-state index is 11.9. The highest BCUT2D eigenvalue weighted by molar-refractivity contribution is 6.30. The highest BCUT2D eigenvalue weighted by atomic mass is 35.5. The molecule has 0 atom stereocenters. The lowest BCUT2D eigenvalue weighted by Gasteiger charge is -2.26. The van der Waals surface area contributed by atoms with Crippen molar-refractivity contribution in [3.63, 3.8) is 0 Å². The monoisotopic (exact) mass is 269 g/mol. The molecule has 0 N–H and O–H groups in total. The molecule has 18 heavy (non-hydrogen) atoms. The van der Waals surface area contributed by atoms with Crippen LogP contribution in [0.2, 0.25) is 5.02 Å². The first-order valence-corrected chi connectivity index (χ1v) is 5.95. The zero-order valence-electron chi connectivity index (χ0n) is 9.63. The van der Waals surface area contributed by atoms with E-state index >= 15 is 0 Å². The average Bonchev–Trinajstić information content (AvgIpc) is 2.34. The number of ketones is 1. The summed E-state index contributed by atoms with van der Waals surface area (Å²) in [6.45, 7) is 0.738. The number of Topliss-reactive ketones (excluding diaryl/α,β-unsaturated/α-hetero) is 1. The van der Waals surface area contributed by atoms with E-state index in [1.165, 1.54) is 17.0 Å². The van der Waals surface area contributed by atoms with Crippen LogP contribution in [0, 0.1) is 0 Å². The van der Waals surface area contributed by atoms with Gasteiger partial charge >= 0.3 is 5.69 Å². The van der Waals surface area contributed by atoms with Crippen molar-refractivity contribution in [3.05, 3.63) is 27.9 Å². The second-order valence-corrected chi connectivity index (χ2v) is 4.54. The van der Waals surface area contributed by atoms with Crippen molar-refractivity contribution >= 4 is 23.3 Å². The van der Waals surface area contributed by atoms with E-state index in [0.717, 1.165) is 0 Å². The number of nitrogens with zero attached hydrogens (tertiary/aromatic N) is 3. The van der Waals surface area contributed by atoms with Gasteiger partial charge in [0.15, 0.2) is 0 Å². The van der Waals surface area contributed by atoms with Crippen LogP contribution in [-0.4, -0.2) is 39.2 Å². The second kappa shape index (κ2) is 5.30. The molecule has 1 aromatic rings. The second-order valence-electron chi connectivity index (χ2n) is 4.10. The van der Waals surface area contributed by atoms with Gasteiger partial charge in [-0.2, -0.15) is 0 Å². The Kier molecular flexibility index (Phi) is 3.76. The molecule has 0 saturated carbocycles. The predicted molar refractivity (Wildman–Crippen MR) is 64.3 cm³/mol. The molecule has 6 nitrogen and oxygen atoms in total. The fraction of sp³-hybridized carbons (Fsp3) is 0.455. The number of likely N-dealkylation sites (tertiary alicyclic amines) is 1. The molecule has 1 amide bonds. The molecule has 1 aliphatic heterocycles. The van der Waals surface area contributed by atoms with E-state index in [0.29, 0.717) is 31.0 Å². The van der Waals surface area contributed by atoms with E-state index in [1.54, 1.807) is 4.90 Å². The quantitative estimate of drug-likeness (QED) is 0.763. The molecule has 96 valence electrons. The molecule has 0 aromatic carbocycles. The standard InChI is InChI=1S/C11H12ClN3O3/c12-8-5-13-11(18)15(6-8)7-10(17)14-3-1-9(16)2-4-14/h5-6H,1-4,7H2. The van der Waals surface area contributed by atoms with E-state index in [-0.39, 0.29) is 18.2 Å². The van der Waals surface area contributed by atoms with Gasteiger partial charge in [0.05, 0.1) is 11.2 Å². The summed E-state index contributed by atoms with van der Waals surface area (Å²) in [5, 5.41) is 0.302. The Balaban J connectivity index is 2.05. The molecule has 0 spiro atoms. The molecular weight excluding hydrogens is 258 g/mol. The van der Waals surface area contributed by atoms with Gasteiger partial charge in [-0.3, -0.25) is 14.2 Å². The molecule has 0 bridgehead atoms. The molecule has 1 aromatic heterocycles. The number of amides is 1. The Hall–Kier alpha value is -1.69. The van der Waals surface area contributed by atoms with Gasteiger partial charge in [0, 0.05) is 32.1 Å². The lowest BCUT2D eigenvalue weighted by Crippen LogP contribution is -2.41. The van der Waals surface area contributed by atoms with Crippen molar-refractivity contribution in [3.8, 4) is 0 Å². The zero-order chi connectivity index (χ0) is 13.1. The molecule has 2 rings (SSSR count). The zero-order valence-corrected chi connectivity index (χ0v) is 10.4. The highest BCUT2D eigenvalue weighted by Crippen LogP contribution is 2.07.